The molecule has 0 saturated carbocycles. The van der Waals surface area contributed by atoms with Crippen LogP contribution in [0.2, 0.25) is 0 Å². The van der Waals surface area contributed by atoms with Gasteiger partial charge in [0.25, 0.3) is 0 Å². The lowest BCUT2D eigenvalue weighted by Gasteiger charge is -2.24. The molecule has 1 saturated heterocycles. The highest BCUT2D eigenvalue weighted by Crippen LogP contribution is 2.32. The van der Waals surface area contributed by atoms with Crippen LogP contribution >= 0.6 is 11.8 Å². The van der Waals surface area contributed by atoms with E-state index in [-0.39, 0.29) is 0 Å². The topological polar surface area (TPSA) is 36.4 Å². The van der Waals surface area contributed by atoms with Crippen LogP contribution in [-0.2, 0) is 0 Å². The van der Waals surface area contributed by atoms with Crippen molar-refractivity contribution in [2.45, 2.75) is 33.6 Å². The van der Waals surface area contributed by atoms with Crippen molar-refractivity contribution in [3.63, 3.8) is 0 Å². The summed E-state index contributed by atoms with van der Waals surface area (Å²) in [5.41, 5.74) is 3.01. The van der Waals surface area contributed by atoms with Crippen molar-refractivity contribution < 1.29 is 0 Å². The van der Waals surface area contributed by atoms with Crippen molar-refractivity contribution in [3.8, 4) is 0 Å². The Morgan fingerprint density at radius 3 is 2.45 bits per heavy atom. The van der Waals surface area contributed by atoms with Crippen LogP contribution in [0, 0.1) is 5.92 Å². The summed E-state index contributed by atoms with van der Waals surface area (Å²) in [6.45, 7) is 21.4. The largest absolute Gasteiger partial charge is 0.384 e. The summed E-state index contributed by atoms with van der Waals surface area (Å²) in [6, 6.07) is 0. The summed E-state index contributed by atoms with van der Waals surface area (Å²) in [6.07, 6.45) is 4.24. The fourth-order valence-electron chi connectivity index (χ4n) is 2.13. The number of rotatable bonds is 8. The zero-order chi connectivity index (χ0) is 16.5. The quantitative estimate of drug-likeness (QED) is 0.519. The van der Waals surface area contributed by atoms with E-state index in [0.29, 0.717) is 0 Å². The standard InChI is InChI=1S/C18H29N3S/c1-7-20-18(14(4)13(2)3)22-16(6)15(5)21-12-17-8-10-19-11-9-17/h7,17,19,21H,2,5-6,8-12H2,1,3-4H3/b18-14+,20-7?. The number of aliphatic imine (C=N–C) groups is 1. The van der Waals surface area contributed by atoms with Crippen LogP contribution in [0.3, 0.4) is 0 Å². The van der Waals surface area contributed by atoms with Gasteiger partial charge in [-0.2, -0.15) is 0 Å². The molecule has 22 heavy (non-hydrogen) atoms. The first kappa shape index (κ1) is 18.8. The summed E-state index contributed by atoms with van der Waals surface area (Å²) in [4.78, 5) is 5.35. The predicted molar refractivity (Wildman–Crippen MR) is 101 cm³/mol. The van der Waals surface area contributed by atoms with Crippen LogP contribution in [0.1, 0.15) is 33.6 Å². The first-order chi connectivity index (χ1) is 10.5. The van der Waals surface area contributed by atoms with E-state index in [4.69, 9.17) is 0 Å². The number of hydrogen-bond donors (Lipinski definition) is 2. The molecule has 0 aromatic carbocycles. The summed E-state index contributed by atoms with van der Waals surface area (Å²) in [5.74, 6) is 0.719. The van der Waals surface area contributed by atoms with Gasteiger partial charge >= 0.3 is 0 Å². The highest BCUT2D eigenvalue weighted by molar-refractivity contribution is 8.06. The number of thioether (sulfide) groups is 1. The molecule has 0 amide bonds. The van der Waals surface area contributed by atoms with Gasteiger partial charge in [-0.15, -0.1) is 0 Å². The molecule has 0 bridgehead atoms. The van der Waals surface area contributed by atoms with Gasteiger partial charge in [0.2, 0.25) is 0 Å². The van der Waals surface area contributed by atoms with Gasteiger partial charge in [-0.25, -0.2) is 0 Å². The molecule has 0 spiro atoms. The smallest absolute Gasteiger partial charge is 0.104 e. The third-order valence-electron chi connectivity index (χ3n) is 3.83. The van der Waals surface area contributed by atoms with Crippen LogP contribution in [0.15, 0.2) is 51.5 Å². The summed E-state index contributed by atoms with van der Waals surface area (Å²) >= 11 is 1.55. The second kappa shape index (κ2) is 9.70. The van der Waals surface area contributed by atoms with Gasteiger partial charge in [-0.05, 0) is 58.2 Å². The van der Waals surface area contributed by atoms with Crippen molar-refractivity contribution in [3.05, 3.63) is 46.5 Å². The Morgan fingerprint density at radius 2 is 1.91 bits per heavy atom. The van der Waals surface area contributed by atoms with Crippen molar-refractivity contribution in [1.82, 2.24) is 10.6 Å². The lowest BCUT2D eigenvalue weighted by atomic mass is 9.98. The summed E-state index contributed by atoms with van der Waals surface area (Å²) in [7, 11) is 0. The third kappa shape index (κ3) is 6.24. The second-order valence-electron chi connectivity index (χ2n) is 5.68. The third-order valence-corrected chi connectivity index (χ3v) is 4.92. The fraction of sp³-hybridized carbons (Fsp3) is 0.500. The second-order valence-corrected chi connectivity index (χ2v) is 6.76. The van der Waals surface area contributed by atoms with E-state index in [1.54, 1.807) is 18.0 Å². The van der Waals surface area contributed by atoms with Crippen molar-refractivity contribution >= 4 is 18.0 Å². The molecule has 0 radical (unpaired) electrons. The fourth-order valence-corrected chi connectivity index (χ4v) is 3.04. The molecule has 1 heterocycles. The van der Waals surface area contributed by atoms with Crippen molar-refractivity contribution in [2.75, 3.05) is 19.6 Å². The van der Waals surface area contributed by atoms with E-state index >= 15 is 0 Å². The van der Waals surface area contributed by atoms with Gasteiger partial charge in [-0.1, -0.05) is 37.1 Å². The molecule has 0 aliphatic carbocycles. The molecule has 0 aromatic rings. The Labute approximate surface area is 139 Å². The lowest BCUT2D eigenvalue weighted by Crippen LogP contribution is -2.33. The van der Waals surface area contributed by atoms with Gasteiger partial charge < -0.3 is 10.6 Å². The maximum atomic E-state index is 4.44. The Bertz CT molecular complexity index is 483. The van der Waals surface area contributed by atoms with E-state index in [2.05, 4.69) is 35.4 Å². The highest BCUT2D eigenvalue weighted by Gasteiger charge is 2.14. The van der Waals surface area contributed by atoms with Crippen LogP contribution < -0.4 is 10.6 Å². The average molecular weight is 320 g/mol. The summed E-state index contributed by atoms with van der Waals surface area (Å²) < 4.78 is 0. The Hall–Kier alpha value is -1.26. The number of piperidine rings is 1. The Morgan fingerprint density at radius 1 is 1.27 bits per heavy atom. The van der Waals surface area contributed by atoms with Gasteiger partial charge in [-0.3, -0.25) is 4.99 Å². The minimum atomic E-state index is 0.719. The first-order valence-corrected chi connectivity index (χ1v) is 8.63. The number of nitrogens with one attached hydrogen (secondary N) is 2. The molecular weight excluding hydrogens is 290 g/mol. The molecule has 2 N–H and O–H groups in total. The Balaban J connectivity index is 2.56. The van der Waals surface area contributed by atoms with E-state index in [9.17, 15) is 0 Å². The maximum Gasteiger partial charge on any atom is 0.104 e. The molecule has 1 aliphatic heterocycles. The zero-order valence-electron chi connectivity index (χ0n) is 14.2. The molecule has 1 fully saturated rings. The lowest BCUT2D eigenvalue weighted by molar-refractivity contribution is 0.367. The van der Waals surface area contributed by atoms with E-state index in [0.717, 1.165) is 52.3 Å². The minimum absolute atomic E-state index is 0.719. The van der Waals surface area contributed by atoms with Gasteiger partial charge in [0.05, 0.1) is 0 Å². The number of allylic oxidation sites excluding steroid dienone is 2. The monoisotopic (exact) mass is 319 g/mol. The SMILES string of the molecule is C=C(NCC1CCNCC1)C(=C)S/C(N=CC)=C(\C)C(=C)C. The maximum absolute atomic E-state index is 4.44. The Kier molecular flexibility index (Phi) is 8.28. The summed E-state index contributed by atoms with van der Waals surface area (Å²) in [5, 5.41) is 7.75. The van der Waals surface area contributed by atoms with Gasteiger partial charge in [0.15, 0.2) is 0 Å². The van der Waals surface area contributed by atoms with Gasteiger partial charge in [0, 0.05) is 23.4 Å². The van der Waals surface area contributed by atoms with Crippen molar-refractivity contribution in [2.24, 2.45) is 10.9 Å². The van der Waals surface area contributed by atoms with E-state index in [1.807, 2.05) is 20.8 Å². The molecule has 0 aromatic heterocycles. The van der Waals surface area contributed by atoms with E-state index < -0.39 is 0 Å². The molecule has 122 valence electrons. The van der Waals surface area contributed by atoms with Gasteiger partial charge in [0.1, 0.15) is 5.03 Å². The molecule has 4 heteroatoms. The van der Waals surface area contributed by atoms with Crippen molar-refractivity contribution in [1.29, 1.82) is 0 Å². The van der Waals surface area contributed by atoms with Crippen LogP contribution in [0.25, 0.3) is 0 Å². The molecule has 0 atom stereocenters. The highest BCUT2D eigenvalue weighted by atomic mass is 32.2. The minimum Gasteiger partial charge on any atom is -0.384 e. The molecular formula is C18H29N3S. The average Bonchev–Trinajstić information content (AvgIpc) is 2.52. The normalized spacial score (nSPS) is 17.2. The molecule has 1 aliphatic rings. The van der Waals surface area contributed by atoms with E-state index in [1.165, 1.54) is 12.8 Å². The molecule has 1 rings (SSSR count). The van der Waals surface area contributed by atoms with Crippen LogP contribution in [-0.4, -0.2) is 25.8 Å². The zero-order valence-corrected chi connectivity index (χ0v) is 15.0. The number of nitrogens with zero attached hydrogens (tertiary/aromatic N) is 1. The number of hydrogen-bond acceptors (Lipinski definition) is 4. The molecule has 3 nitrogen and oxygen atoms in total. The molecule has 0 unspecified atom stereocenters. The van der Waals surface area contributed by atoms with Crippen LogP contribution in [0.4, 0.5) is 0 Å². The van der Waals surface area contributed by atoms with Crippen LogP contribution in [0.5, 0.6) is 0 Å². The predicted octanol–water partition coefficient (Wildman–Crippen LogP) is 4.23. The first-order valence-electron chi connectivity index (χ1n) is 7.81.